The molecule has 2 amide bonds. The molecular weight excluding hydrogens is 510 g/mol. The second-order valence-electron chi connectivity index (χ2n) is 9.53. The third-order valence-electron chi connectivity index (χ3n) is 7.04. The molecule has 0 atom stereocenters. The Kier molecular flexibility index (Phi) is 6.81. The fourth-order valence-electron chi connectivity index (χ4n) is 4.97. The van der Waals surface area contributed by atoms with E-state index in [1.54, 1.807) is 6.92 Å². The minimum absolute atomic E-state index is 0.0633. The molecule has 3 aromatic heterocycles. The van der Waals surface area contributed by atoms with Gasteiger partial charge in [0.2, 0.25) is 0 Å². The highest BCUT2D eigenvalue weighted by atomic mass is 32.1. The molecule has 0 radical (unpaired) electrons. The number of anilines is 1. The van der Waals surface area contributed by atoms with E-state index in [1.807, 2.05) is 94.0 Å². The predicted molar refractivity (Wildman–Crippen MR) is 150 cm³/mol. The van der Waals surface area contributed by atoms with Crippen LogP contribution in [0.1, 0.15) is 50.4 Å². The lowest BCUT2D eigenvalue weighted by Crippen LogP contribution is -2.38. The highest BCUT2D eigenvalue weighted by Gasteiger charge is 2.31. The molecular formula is C30H27N5O3S. The first-order chi connectivity index (χ1) is 19.1. The number of carbonyl (C=O) groups excluding carboxylic acids is 2. The van der Waals surface area contributed by atoms with E-state index in [-0.39, 0.29) is 17.7 Å². The zero-order chi connectivity index (χ0) is 26.8. The summed E-state index contributed by atoms with van der Waals surface area (Å²) < 4.78 is 7.36. The Labute approximate surface area is 229 Å². The van der Waals surface area contributed by atoms with Crippen molar-refractivity contribution in [3.8, 4) is 16.9 Å². The average molecular weight is 538 g/mol. The van der Waals surface area contributed by atoms with Gasteiger partial charge in [0.05, 0.1) is 16.4 Å². The molecule has 1 saturated heterocycles. The summed E-state index contributed by atoms with van der Waals surface area (Å²) in [5.74, 6) is 0.424. The molecule has 196 valence electrons. The Morgan fingerprint density at radius 1 is 0.974 bits per heavy atom. The molecule has 4 heterocycles. The van der Waals surface area contributed by atoms with E-state index in [0.29, 0.717) is 35.8 Å². The van der Waals surface area contributed by atoms with Gasteiger partial charge in [-0.2, -0.15) is 0 Å². The molecule has 1 fully saturated rings. The van der Waals surface area contributed by atoms with E-state index in [0.717, 1.165) is 34.8 Å². The Balaban J connectivity index is 1.11. The molecule has 1 N–H and O–H groups in total. The largest absolute Gasteiger partial charge is 0.360 e. The summed E-state index contributed by atoms with van der Waals surface area (Å²) in [5, 5.41) is 9.91. The number of hydrogen-bond donors (Lipinski definition) is 1. The number of amides is 2. The second kappa shape index (κ2) is 10.7. The minimum atomic E-state index is -0.235. The van der Waals surface area contributed by atoms with Gasteiger partial charge in [0, 0.05) is 42.3 Å². The number of para-hydroxylation sites is 2. The van der Waals surface area contributed by atoms with E-state index in [4.69, 9.17) is 4.52 Å². The van der Waals surface area contributed by atoms with Crippen LogP contribution < -0.4 is 5.32 Å². The summed E-state index contributed by atoms with van der Waals surface area (Å²) in [6.45, 7) is 2.99. The van der Waals surface area contributed by atoms with Crippen molar-refractivity contribution in [2.75, 3.05) is 18.4 Å². The van der Waals surface area contributed by atoms with E-state index in [2.05, 4.69) is 15.5 Å². The monoisotopic (exact) mass is 537 g/mol. The van der Waals surface area contributed by atoms with Gasteiger partial charge in [0.25, 0.3) is 11.8 Å². The molecule has 2 aromatic carbocycles. The molecule has 39 heavy (non-hydrogen) atoms. The van der Waals surface area contributed by atoms with Crippen molar-refractivity contribution in [2.24, 2.45) is 0 Å². The van der Waals surface area contributed by atoms with E-state index < -0.39 is 0 Å². The first kappa shape index (κ1) is 24.8. The van der Waals surface area contributed by atoms with Gasteiger partial charge < -0.3 is 19.3 Å². The minimum Gasteiger partial charge on any atom is -0.360 e. The van der Waals surface area contributed by atoms with Gasteiger partial charge >= 0.3 is 0 Å². The highest BCUT2D eigenvalue weighted by molar-refractivity contribution is 7.10. The van der Waals surface area contributed by atoms with Crippen LogP contribution in [0, 0.1) is 6.92 Å². The Morgan fingerprint density at radius 3 is 2.46 bits per heavy atom. The third-order valence-corrected chi connectivity index (χ3v) is 8.05. The summed E-state index contributed by atoms with van der Waals surface area (Å²) in [6.07, 6.45) is 5.44. The molecule has 0 bridgehead atoms. The maximum atomic E-state index is 13.5. The Hall–Kier alpha value is -4.50. The number of piperidine rings is 1. The summed E-state index contributed by atoms with van der Waals surface area (Å²) in [4.78, 5) is 33.0. The second-order valence-corrected chi connectivity index (χ2v) is 10.4. The lowest BCUT2D eigenvalue weighted by molar-refractivity contribution is 0.0711. The molecule has 0 spiro atoms. The first-order valence-electron chi connectivity index (χ1n) is 12.9. The Bertz CT molecular complexity index is 1600. The van der Waals surface area contributed by atoms with Crippen LogP contribution in [-0.2, 0) is 0 Å². The van der Waals surface area contributed by atoms with Crippen molar-refractivity contribution in [3.05, 3.63) is 107 Å². The molecule has 1 aliphatic rings. The smallest absolute Gasteiger partial charge is 0.275 e. The lowest BCUT2D eigenvalue weighted by Gasteiger charge is -2.31. The highest BCUT2D eigenvalue weighted by Crippen LogP contribution is 2.33. The quantitative estimate of drug-likeness (QED) is 0.280. The number of nitrogens with one attached hydrogen (secondary N) is 1. The summed E-state index contributed by atoms with van der Waals surface area (Å²) in [7, 11) is 0. The van der Waals surface area contributed by atoms with Crippen LogP contribution in [0.15, 0.2) is 89.0 Å². The fraction of sp³-hybridized carbons (Fsp3) is 0.200. The van der Waals surface area contributed by atoms with Gasteiger partial charge in [-0.05, 0) is 44.0 Å². The van der Waals surface area contributed by atoms with Crippen LogP contribution in [-0.4, -0.2) is 44.5 Å². The van der Waals surface area contributed by atoms with E-state index in [9.17, 15) is 9.59 Å². The van der Waals surface area contributed by atoms with Crippen molar-refractivity contribution < 1.29 is 14.1 Å². The topological polar surface area (TPSA) is 93.3 Å². The van der Waals surface area contributed by atoms with Gasteiger partial charge in [0.1, 0.15) is 22.7 Å². The van der Waals surface area contributed by atoms with Gasteiger partial charge in [-0.25, -0.2) is 4.98 Å². The predicted octanol–water partition coefficient (Wildman–Crippen LogP) is 6.17. The molecule has 1 aliphatic heterocycles. The van der Waals surface area contributed by atoms with Crippen molar-refractivity contribution in [3.63, 3.8) is 0 Å². The van der Waals surface area contributed by atoms with Crippen molar-refractivity contribution in [1.82, 2.24) is 19.6 Å². The molecule has 6 rings (SSSR count). The lowest BCUT2D eigenvalue weighted by atomic mass is 9.96. The van der Waals surface area contributed by atoms with Gasteiger partial charge in [-0.3, -0.25) is 9.59 Å². The van der Waals surface area contributed by atoms with Crippen LogP contribution >= 0.6 is 11.3 Å². The number of aryl methyl sites for hydroxylation is 1. The summed E-state index contributed by atoms with van der Waals surface area (Å²) in [5.41, 5.74) is 3.98. The number of carbonyl (C=O) groups is 2. The van der Waals surface area contributed by atoms with Crippen LogP contribution in [0.4, 0.5) is 5.69 Å². The number of aromatic nitrogens is 3. The SMILES string of the molecule is Cc1onc(-c2ccccc2)c1C(=O)N1CCC(c2nc(C(=O)Nc3ccccc3-n3cccc3)cs2)CC1. The van der Waals surface area contributed by atoms with E-state index >= 15 is 0 Å². The standard InChI is InChI=1S/C30H27N5O3S/c1-20-26(27(33-38-20)21-9-3-2-4-10-21)30(37)35-17-13-22(14-18-35)29-32-24(19-39-29)28(36)31-23-11-5-6-12-25(23)34-15-7-8-16-34/h2-12,15-16,19,22H,13-14,17-18H2,1H3,(H,31,36). The molecule has 8 nitrogen and oxygen atoms in total. The zero-order valence-electron chi connectivity index (χ0n) is 21.4. The number of rotatable bonds is 6. The number of thiazole rings is 1. The molecule has 9 heteroatoms. The maximum absolute atomic E-state index is 13.5. The fourth-order valence-corrected chi connectivity index (χ4v) is 5.94. The number of benzene rings is 2. The summed E-state index contributed by atoms with van der Waals surface area (Å²) >= 11 is 1.50. The summed E-state index contributed by atoms with van der Waals surface area (Å²) in [6, 6.07) is 21.2. The Morgan fingerprint density at radius 2 is 1.69 bits per heavy atom. The molecule has 0 aliphatic carbocycles. The maximum Gasteiger partial charge on any atom is 0.275 e. The number of nitrogens with zero attached hydrogens (tertiary/aromatic N) is 4. The van der Waals surface area contributed by atoms with Crippen molar-refractivity contribution in [1.29, 1.82) is 0 Å². The zero-order valence-corrected chi connectivity index (χ0v) is 22.2. The normalized spacial score (nSPS) is 13.9. The van der Waals surface area contributed by atoms with Crippen LogP contribution in [0.5, 0.6) is 0 Å². The van der Waals surface area contributed by atoms with E-state index in [1.165, 1.54) is 11.3 Å². The van der Waals surface area contributed by atoms with Crippen molar-refractivity contribution in [2.45, 2.75) is 25.7 Å². The van der Waals surface area contributed by atoms with Gasteiger partial charge in [0.15, 0.2) is 0 Å². The van der Waals surface area contributed by atoms with Crippen LogP contribution in [0.25, 0.3) is 16.9 Å². The molecule has 0 unspecified atom stereocenters. The van der Waals surface area contributed by atoms with Crippen molar-refractivity contribution >= 4 is 28.8 Å². The van der Waals surface area contributed by atoms with Crippen LogP contribution in [0.3, 0.4) is 0 Å². The third kappa shape index (κ3) is 5.00. The number of hydrogen-bond acceptors (Lipinski definition) is 6. The van der Waals surface area contributed by atoms with Gasteiger partial charge in [-0.1, -0.05) is 47.6 Å². The average Bonchev–Trinajstić information content (AvgIpc) is 3.75. The van der Waals surface area contributed by atoms with Crippen LogP contribution in [0.2, 0.25) is 0 Å². The van der Waals surface area contributed by atoms with Gasteiger partial charge in [-0.15, -0.1) is 11.3 Å². The molecule has 0 saturated carbocycles. The molecule has 5 aromatic rings. The first-order valence-corrected chi connectivity index (χ1v) is 13.8. The number of likely N-dealkylation sites (tertiary alicyclic amines) is 1.